The molecule has 1 atom stereocenters. The monoisotopic (exact) mass is 196 g/mol. The molecule has 0 aliphatic rings. The van der Waals surface area contributed by atoms with E-state index in [-0.39, 0.29) is 6.10 Å². The molecule has 0 fully saturated rings. The molecule has 0 N–H and O–H groups in total. The molecule has 2 heteroatoms. The van der Waals surface area contributed by atoms with Gasteiger partial charge in [0.1, 0.15) is 11.9 Å². The van der Waals surface area contributed by atoms with Crippen molar-refractivity contribution in [3.8, 4) is 5.75 Å². The molecule has 1 rings (SSSR count). The molecule has 1 unspecified atom stereocenters. The van der Waals surface area contributed by atoms with Crippen molar-refractivity contribution in [2.24, 2.45) is 0 Å². The first-order valence-electron chi connectivity index (χ1n) is 4.27. The number of hydrogen-bond acceptors (Lipinski definition) is 1. The zero-order valence-electron chi connectivity index (χ0n) is 7.83. The third kappa shape index (κ3) is 3.51. The Hall–Kier alpha value is -0.950. The zero-order valence-corrected chi connectivity index (χ0v) is 8.58. The van der Waals surface area contributed by atoms with E-state index in [0.29, 0.717) is 0 Å². The van der Waals surface area contributed by atoms with E-state index in [0.717, 1.165) is 10.8 Å². The Morgan fingerprint density at radius 3 is 2.46 bits per heavy atom. The van der Waals surface area contributed by atoms with E-state index in [1.54, 1.807) is 0 Å². The highest BCUT2D eigenvalue weighted by atomic mass is 35.5. The number of rotatable bonds is 3. The largest absolute Gasteiger partial charge is 0.487 e. The lowest BCUT2D eigenvalue weighted by Crippen LogP contribution is -2.07. The highest BCUT2D eigenvalue weighted by Gasteiger charge is 1.98. The minimum atomic E-state index is 0.103. The zero-order chi connectivity index (χ0) is 9.68. The fourth-order valence-electron chi connectivity index (χ4n) is 1.04. The summed E-state index contributed by atoms with van der Waals surface area (Å²) in [7, 11) is 0. The van der Waals surface area contributed by atoms with Gasteiger partial charge in [-0.05, 0) is 44.2 Å². The van der Waals surface area contributed by atoms with Crippen molar-refractivity contribution < 1.29 is 4.74 Å². The van der Waals surface area contributed by atoms with Gasteiger partial charge in [-0.25, -0.2) is 0 Å². The van der Waals surface area contributed by atoms with Crippen LogP contribution in [0.3, 0.4) is 0 Å². The molecule has 0 spiro atoms. The van der Waals surface area contributed by atoms with Crippen molar-refractivity contribution in [3.05, 3.63) is 41.4 Å². The maximum atomic E-state index is 5.74. The second-order valence-electron chi connectivity index (χ2n) is 2.80. The van der Waals surface area contributed by atoms with E-state index >= 15 is 0 Å². The Bertz CT molecular complexity index is 277. The molecule has 0 aromatic heterocycles. The fraction of sp³-hybridized carbons (Fsp3) is 0.273. The summed E-state index contributed by atoms with van der Waals surface area (Å²) in [5.41, 5.74) is 0. The van der Waals surface area contributed by atoms with Gasteiger partial charge < -0.3 is 4.74 Å². The summed E-state index contributed by atoms with van der Waals surface area (Å²) < 4.78 is 5.56. The molecule has 0 saturated carbocycles. The maximum absolute atomic E-state index is 5.74. The van der Waals surface area contributed by atoms with Crippen LogP contribution in [0, 0.1) is 0 Å². The van der Waals surface area contributed by atoms with Gasteiger partial charge in [-0.1, -0.05) is 17.7 Å². The smallest absolute Gasteiger partial charge is 0.120 e. The van der Waals surface area contributed by atoms with E-state index in [9.17, 15) is 0 Å². The lowest BCUT2D eigenvalue weighted by Gasteiger charge is -2.10. The molecule has 0 saturated heterocycles. The van der Waals surface area contributed by atoms with Crippen molar-refractivity contribution in [1.29, 1.82) is 0 Å². The lowest BCUT2D eigenvalue weighted by atomic mass is 10.3. The lowest BCUT2D eigenvalue weighted by molar-refractivity contribution is 0.269. The van der Waals surface area contributed by atoms with E-state index in [2.05, 4.69) is 0 Å². The summed E-state index contributed by atoms with van der Waals surface area (Å²) in [6.07, 6.45) is 4.07. The van der Waals surface area contributed by atoms with Crippen LogP contribution in [-0.2, 0) is 0 Å². The molecule has 0 radical (unpaired) electrons. The maximum Gasteiger partial charge on any atom is 0.120 e. The average molecular weight is 197 g/mol. The summed E-state index contributed by atoms with van der Waals surface area (Å²) in [6.45, 7) is 3.97. The number of halogens is 1. The minimum Gasteiger partial charge on any atom is -0.487 e. The van der Waals surface area contributed by atoms with Gasteiger partial charge in [0.2, 0.25) is 0 Å². The molecule has 0 amide bonds. The van der Waals surface area contributed by atoms with Crippen LogP contribution in [-0.4, -0.2) is 6.10 Å². The van der Waals surface area contributed by atoms with Gasteiger partial charge >= 0.3 is 0 Å². The van der Waals surface area contributed by atoms with Gasteiger partial charge in [0, 0.05) is 5.02 Å². The molecular formula is C11H13ClO. The number of allylic oxidation sites excluding steroid dienone is 1. The third-order valence-electron chi connectivity index (χ3n) is 1.60. The van der Waals surface area contributed by atoms with Gasteiger partial charge in [0.25, 0.3) is 0 Å². The molecule has 0 heterocycles. The first-order valence-corrected chi connectivity index (χ1v) is 4.65. The molecule has 70 valence electrons. The molecule has 13 heavy (non-hydrogen) atoms. The first-order chi connectivity index (χ1) is 6.22. The van der Waals surface area contributed by atoms with Gasteiger partial charge in [0.05, 0.1) is 0 Å². The predicted octanol–water partition coefficient (Wildman–Crippen LogP) is 3.68. The van der Waals surface area contributed by atoms with Crippen molar-refractivity contribution in [1.82, 2.24) is 0 Å². The summed E-state index contributed by atoms with van der Waals surface area (Å²) in [5, 5.41) is 0.728. The molecule has 0 aliphatic carbocycles. The van der Waals surface area contributed by atoms with Crippen molar-refractivity contribution >= 4 is 11.6 Å². The van der Waals surface area contributed by atoms with E-state index in [4.69, 9.17) is 16.3 Å². The Morgan fingerprint density at radius 2 is 1.92 bits per heavy atom. The second-order valence-corrected chi connectivity index (χ2v) is 3.24. The predicted molar refractivity (Wildman–Crippen MR) is 56.4 cm³/mol. The van der Waals surface area contributed by atoms with E-state index in [1.165, 1.54) is 0 Å². The van der Waals surface area contributed by atoms with Gasteiger partial charge in [-0.3, -0.25) is 0 Å². The molecular weight excluding hydrogens is 184 g/mol. The van der Waals surface area contributed by atoms with Crippen LogP contribution in [0.15, 0.2) is 36.4 Å². The Balaban J connectivity index is 2.59. The highest BCUT2D eigenvalue weighted by molar-refractivity contribution is 6.30. The Kier molecular flexibility index (Phi) is 3.84. The number of ether oxygens (including phenoxy) is 1. The first kappa shape index (κ1) is 10.1. The van der Waals surface area contributed by atoms with E-state index < -0.39 is 0 Å². The Morgan fingerprint density at radius 1 is 1.31 bits per heavy atom. The van der Waals surface area contributed by atoms with Crippen molar-refractivity contribution in [3.63, 3.8) is 0 Å². The normalized spacial score (nSPS) is 13.2. The minimum absolute atomic E-state index is 0.103. The van der Waals surface area contributed by atoms with Crippen LogP contribution in [0.1, 0.15) is 13.8 Å². The summed E-state index contributed by atoms with van der Waals surface area (Å²) in [5.74, 6) is 0.843. The van der Waals surface area contributed by atoms with Crippen LogP contribution in [0.5, 0.6) is 5.75 Å². The van der Waals surface area contributed by atoms with Gasteiger partial charge in [-0.2, -0.15) is 0 Å². The Labute approximate surface area is 84.0 Å². The van der Waals surface area contributed by atoms with Crippen LogP contribution < -0.4 is 4.74 Å². The molecule has 1 aromatic carbocycles. The highest BCUT2D eigenvalue weighted by Crippen LogP contribution is 2.16. The molecule has 0 bridgehead atoms. The summed E-state index contributed by atoms with van der Waals surface area (Å²) in [4.78, 5) is 0. The third-order valence-corrected chi connectivity index (χ3v) is 1.85. The molecule has 1 aromatic rings. The number of hydrogen-bond donors (Lipinski definition) is 0. The summed E-state index contributed by atoms with van der Waals surface area (Å²) >= 11 is 5.74. The standard InChI is InChI=1S/C11H13ClO/c1-3-4-9(2)13-11-7-5-10(12)6-8-11/h3-9H,1-2H3. The van der Waals surface area contributed by atoms with Crippen LogP contribution >= 0.6 is 11.6 Å². The molecule has 1 nitrogen and oxygen atoms in total. The van der Waals surface area contributed by atoms with Crippen LogP contribution in [0.25, 0.3) is 0 Å². The van der Waals surface area contributed by atoms with E-state index in [1.807, 2.05) is 50.3 Å². The van der Waals surface area contributed by atoms with Gasteiger partial charge in [0.15, 0.2) is 0 Å². The quantitative estimate of drug-likeness (QED) is 0.671. The van der Waals surface area contributed by atoms with Gasteiger partial charge in [-0.15, -0.1) is 0 Å². The van der Waals surface area contributed by atoms with Crippen molar-refractivity contribution in [2.75, 3.05) is 0 Å². The van der Waals surface area contributed by atoms with Crippen LogP contribution in [0.4, 0.5) is 0 Å². The van der Waals surface area contributed by atoms with Crippen molar-refractivity contribution in [2.45, 2.75) is 20.0 Å². The van der Waals surface area contributed by atoms with Crippen LogP contribution in [0.2, 0.25) is 5.02 Å². The topological polar surface area (TPSA) is 9.23 Å². The summed E-state index contributed by atoms with van der Waals surface area (Å²) in [6, 6.07) is 7.36. The molecule has 0 aliphatic heterocycles. The SMILES string of the molecule is CC=CC(C)Oc1ccc(Cl)cc1. The fourth-order valence-corrected chi connectivity index (χ4v) is 1.16. The average Bonchev–Trinajstić information content (AvgIpc) is 2.09. The second kappa shape index (κ2) is 4.93. The number of benzene rings is 1.